The molecule has 2 unspecified atom stereocenters. The van der Waals surface area contributed by atoms with E-state index in [9.17, 15) is 9.59 Å². The molecule has 2 aliphatic rings. The number of urea groups is 1. The normalized spacial score (nSPS) is 20.0. The number of hydrogen-bond donors (Lipinski definition) is 1. The van der Waals surface area contributed by atoms with E-state index in [1.807, 2.05) is 80.6 Å². The molecule has 2 heterocycles. The number of nitrogens with zero attached hydrogens (tertiary/aromatic N) is 3. The molecule has 0 saturated carbocycles. The van der Waals surface area contributed by atoms with Gasteiger partial charge in [-0.1, -0.05) is 77.3 Å². The van der Waals surface area contributed by atoms with Crippen LogP contribution in [0.1, 0.15) is 39.9 Å². The van der Waals surface area contributed by atoms with Gasteiger partial charge in [0.25, 0.3) is 0 Å². The van der Waals surface area contributed by atoms with Gasteiger partial charge in [-0.05, 0) is 43.2 Å². The molecule has 1 N–H and O–H groups in total. The first kappa shape index (κ1) is 23.1. The summed E-state index contributed by atoms with van der Waals surface area (Å²) < 4.78 is 0. The van der Waals surface area contributed by atoms with Crippen molar-refractivity contribution in [2.75, 3.05) is 19.6 Å². The Labute approximate surface area is 210 Å². The molecular weight excluding hydrogens is 460 g/mol. The van der Waals surface area contributed by atoms with E-state index in [1.54, 1.807) is 9.80 Å². The molecule has 2 aliphatic heterocycles. The van der Waals surface area contributed by atoms with Crippen LogP contribution in [0.4, 0.5) is 4.79 Å². The molecule has 0 aliphatic carbocycles. The van der Waals surface area contributed by atoms with Gasteiger partial charge in [-0.2, -0.15) is 0 Å². The van der Waals surface area contributed by atoms with Crippen molar-refractivity contribution in [3.63, 3.8) is 0 Å². The summed E-state index contributed by atoms with van der Waals surface area (Å²) in [5.41, 5.74) is 5.01. The zero-order valence-electron chi connectivity index (χ0n) is 19.7. The van der Waals surface area contributed by atoms with Crippen LogP contribution >= 0.6 is 11.6 Å². The summed E-state index contributed by atoms with van der Waals surface area (Å²) >= 11 is 6.18. The van der Waals surface area contributed by atoms with E-state index in [0.29, 0.717) is 23.9 Å². The average molecular weight is 487 g/mol. The van der Waals surface area contributed by atoms with Crippen LogP contribution in [-0.2, 0) is 4.79 Å². The van der Waals surface area contributed by atoms with Crippen LogP contribution in [0.5, 0.6) is 0 Å². The van der Waals surface area contributed by atoms with Crippen LogP contribution in [0.3, 0.4) is 0 Å². The van der Waals surface area contributed by atoms with Gasteiger partial charge in [0, 0.05) is 23.7 Å². The number of carbonyl (C=O) groups is 2. The van der Waals surface area contributed by atoms with Crippen LogP contribution in [0, 0.1) is 13.8 Å². The molecule has 0 radical (unpaired) electrons. The van der Waals surface area contributed by atoms with Gasteiger partial charge in [0.1, 0.15) is 18.4 Å². The van der Waals surface area contributed by atoms with E-state index in [1.165, 1.54) is 0 Å². The van der Waals surface area contributed by atoms with Gasteiger partial charge < -0.3 is 10.2 Å². The second kappa shape index (κ2) is 9.55. The Hall–Kier alpha value is -3.64. The molecule has 5 rings (SSSR count). The van der Waals surface area contributed by atoms with Gasteiger partial charge >= 0.3 is 6.03 Å². The molecular formula is C28H27ClN4O2. The highest BCUT2D eigenvalue weighted by Gasteiger charge is 2.44. The second-order valence-electron chi connectivity index (χ2n) is 9.10. The lowest BCUT2D eigenvalue weighted by Gasteiger charge is -2.35. The summed E-state index contributed by atoms with van der Waals surface area (Å²) in [7, 11) is 0. The van der Waals surface area contributed by atoms with Crippen LogP contribution in [-0.4, -0.2) is 47.2 Å². The lowest BCUT2D eigenvalue weighted by Crippen LogP contribution is -2.55. The highest BCUT2D eigenvalue weighted by Crippen LogP contribution is 2.44. The maximum Gasteiger partial charge on any atom is 0.326 e. The topological polar surface area (TPSA) is 65.0 Å². The molecule has 1 saturated heterocycles. The minimum atomic E-state index is -0.371. The fraction of sp³-hybridized carbons (Fsp3) is 0.250. The maximum atomic E-state index is 14.1. The van der Waals surface area contributed by atoms with Crippen molar-refractivity contribution in [2.24, 2.45) is 4.99 Å². The fourth-order valence-electron chi connectivity index (χ4n) is 4.80. The SMILES string of the molecule is Cc1cccc(C2=NC(c3ccc(Cl)cc3)C(c3cccc(C)c3)N2C(=O)N2CCNC(=O)C2)c1. The zero-order valence-corrected chi connectivity index (χ0v) is 20.5. The highest BCUT2D eigenvalue weighted by atomic mass is 35.5. The number of amides is 3. The number of carbonyl (C=O) groups excluding carboxylic acids is 2. The van der Waals surface area contributed by atoms with E-state index in [2.05, 4.69) is 11.4 Å². The predicted molar refractivity (Wildman–Crippen MR) is 138 cm³/mol. The van der Waals surface area contributed by atoms with Gasteiger partial charge in [-0.25, -0.2) is 4.79 Å². The summed E-state index contributed by atoms with van der Waals surface area (Å²) in [6.45, 7) is 4.98. The van der Waals surface area contributed by atoms with Gasteiger partial charge in [0.05, 0.1) is 6.04 Å². The Morgan fingerprint density at radius 3 is 2.37 bits per heavy atom. The van der Waals surface area contributed by atoms with E-state index in [4.69, 9.17) is 16.6 Å². The Bertz CT molecular complexity index is 1300. The number of rotatable bonds is 3. The molecule has 178 valence electrons. The maximum absolute atomic E-state index is 14.1. The number of aliphatic imine (C=N–C) groups is 1. The fourth-order valence-corrected chi connectivity index (χ4v) is 4.93. The van der Waals surface area contributed by atoms with Crippen molar-refractivity contribution in [1.29, 1.82) is 0 Å². The third kappa shape index (κ3) is 4.66. The summed E-state index contributed by atoms with van der Waals surface area (Å²) in [5.74, 6) is 0.454. The third-order valence-corrected chi connectivity index (χ3v) is 6.71. The molecule has 3 aromatic rings. The lowest BCUT2D eigenvalue weighted by molar-refractivity contribution is -0.123. The van der Waals surface area contributed by atoms with Gasteiger partial charge in [0.2, 0.25) is 5.91 Å². The number of nitrogens with one attached hydrogen (secondary N) is 1. The highest BCUT2D eigenvalue weighted by molar-refractivity contribution is 6.30. The van der Waals surface area contributed by atoms with Crippen LogP contribution < -0.4 is 5.32 Å². The Balaban J connectivity index is 1.67. The van der Waals surface area contributed by atoms with Crippen LogP contribution in [0.25, 0.3) is 0 Å². The minimum absolute atomic E-state index is 0.0303. The first-order valence-corrected chi connectivity index (χ1v) is 12.1. The number of piperazine rings is 1. The van der Waals surface area contributed by atoms with Gasteiger partial charge in [0.15, 0.2) is 0 Å². The first-order chi connectivity index (χ1) is 16.9. The number of benzene rings is 3. The van der Waals surface area contributed by atoms with Crippen LogP contribution in [0.2, 0.25) is 5.02 Å². The molecule has 3 amide bonds. The Morgan fingerprint density at radius 2 is 1.69 bits per heavy atom. The van der Waals surface area contributed by atoms with Gasteiger partial charge in [-0.15, -0.1) is 0 Å². The van der Waals surface area contributed by atoms with Crippen molar-refractivity contribution in [2.45, 2.75) is 25.9 Å². The molecule has 7 heteroatoms. The van der Waals surface area contributed by atoms with Crippen molar-refractivity contribution >= 4 is 29.4 Å². The molecule has 35 heavy (non-hydrogen) atoms. The minimum Gasteiger partial charge on any atom is -0.353 e. The van der Waals surface area contributed by atoms with E-state index in [-0.39, 0.29) is 30.6 Å². The Morgan fingerprint density at radius 1 is 0.971 bits per heavy atom. The second-order valence-corrected chi connectivity index (χ2v) is 9.54. The summed E-state index contributed by atoms with van der Waals surface area (Å²) in [4.78, 5) is 34.8. The quantitative estimate of drug-likeness (QED) is 0.562. The largest absolute Gasteiger partial charge is 0.353 e. The molecule has 3 aromatic carbocycles. The van der Waals surface area contributed by atoms with Crippen molar-refractivity contribution in [1.82, 2.24) is 15.1 Å². The molecule has 6 nitrogen and oxygen atoms in total. The van der Waals surface area contributed by atoms with Crippen molar-refractivity contribution in [3.05, 3.63) is 106 Å². The molecule has 2 atom stereocenters. The zero-order chi connectivity index (χ0) is 24.5. The third-order valence-electron chi connectivity index (χ3n) is 6.45. The molecule has 0 spiro atoms. The summed E-state index contributed by atoms with van der Waals surface area (Å²) in [6, 6.07) is 22.9. The number of aryl methyl sites for hydroxylation is 2. The number of amidine groups is 1. The first-order valence-electron chi connectivity index (χ1n) is 11.7. The average Bonchev–Trinajstić information content (AvgIpc) is 3.25. The predicted octanol–water partition coefficient (Wildman–Crippen LogP) is 5.05. The summed E-state index contributed by atoms with van der Waals surface area (Å²) in [6.07, 6.45) is 0. The van der Waals surface area contributed by atoms with E-state index < -0.39 is 0 Å². The van der Waals surface area contributed by atoms with Crippen LogP contribution in [0.15, 0.2) is 77.8 Å². The standard InChI is InChI=1S/C28H27ClN4O2/c1-18-5-3-7-21(15-18)26-25(20-9-11-23(29)12-10-20)31-27(22-8-4-6-19(2)16-22)33(26)28(35)32-14-13-30-24(34)17-32/h3-12,15-16,25-26H,13-14,17H2,1-2H3,(H,30,34). The lowest BCUT2D eigenvalue weighted by atomic mass is 9.93. The summed E-state index contributed by atoms with van der Waals surface area (Å²) in [5, 5.41) is 3.45. The number of hydrogen-bond acceptors (Lipinski definition) is 3. The molecule has 0 bridgehead atoms. The van der Waals surface area contributed by atoms with E-state index in [0.717, 1.165) is 27.8 Å². The van der Waals surface area contributed by atoms with Crippen molar-refractivity contribution in [3.8, 4) is 0 Å². The van der Waals surface area contributed by atoms with Crippen molar-refractivity contribution < 1.29 is 9.59 Å². The van der Waals surface area contributed by atoms with Gasteiger partial charge in [-0.3, -0.25) is 14.7 Å². The monoisotopic (exact) mass is 486 g/mol. The molecule has 1 fully saturated rings. The molecule has 0 aromatic heterocycles. The van der Waals surface area contributed by atoms with E-state index >= 15 is 0 Å². The Kier molecular flexibility index (Phi) is 6.31. The number of halogens is 1. The smallest absolute Gasteiger partial charge is 0.326 e.